The number of carbonyl (C=O) groups is 1. The molecule has 2 N–H and O–H groups in total. The number of amides is 1. The predicted molar refractivity (Wildman–Crippen MR) is 70.5 cm³/mol. The molecule has 100 valence electrons. The van der Waals surface area contributed by atoms with Crippen LogP contribution in [0.25, 0.3) is 0 Å². The smallest absolute Gasteiger partial charge is 0.270 e. The molecule has 0 spiro atoms. The third kappa shape index (κ3) is 3.34. The van der Waals surface area contributed by atoms with Crippen molar-refractivity contribution in [3.05, 3.63) is 22.4 Å². The van der Waals surface area contributed by atoms with Gasteiger partial charge in [0.1, 0.15) is 5.69 Å². The summed E-state index contributed by atoms with van der Waals surface area (Å²) in [5.74, 6) is 0.0290. The van der Waals surface area contributed by atoms with Gasteiger partial charge in [0.15, 0.2) is 0 Å². The van der Waals surface area contributed by atoms with Crippen molar-refractivity contribution in [2.75, 3.05) is 26.3 Å². The molecule has 1 aromatic rings. The minimum absolute atomic E-state index is 0.0290. The summed E-state index contributed by atoms with van der Waals surface area (Å²) < 4.78 is 6.35. The van der Waals surface area contributed by atoms with E-state index < -0.39 is 0 Å². The molecule has 0 bridgehead atoms. The molecule has 5 nitrogen and oxygen atoms in total. The molecule has 1 aliphatic heterocycles. The average molecular weight is 317 g/mol. The normalized spacial score (nSPS) is 17.1. The zero-order valence-electron chi connectivity index (χ0n) is 10.1. The van der Waals surface area contributed by atoms with Crippen molar-refractivity contribution >= 4 is 21.8 Å². The molecule has 2 heterocycles. The van der Waals surface area contributed by atoms with Crippen molar-refractivity contribution < 1.29 is 14.6 Å². The molecule has 0 saturated carbocycles. The van der Waals surface area contributed by atoms with Crippen molar-refractivity contribution in [1.82, 2.24) is 9.88 Å². The van der Waals surface area contributed by atoms with Crippen LogP contribution in [0, 0.1) is 0 Å². The minimum atomic E-state index is 0.0290. The van der Waals surface area contributed by atoms with Gasteiger partial charge >= 0.3 is 0 Å². The summed E-state index contributed by atoms with van der Waals surface area (Å²) in [6, 6.07) is 1.79. The number of ether oxygens (including phenoxy) is 1. The lowest BCUT2D eigenvalue weighted by Gasteiger charge is -2.31. The highest BCUT2D eigenvalue weighted by atomic mass is 79.9. The number of aliphatic hydroxyl groups excluding tert-OH is 1. The lowest BCUT2D eigenvalue weighted by Crippen LogP contribution is -2.41. The molecule has 0 aliphatic carbocycles. The third-order valence-electron chi connectivity index (χ3n) is 3.05. The number of piperidine rings is 1. The number of rotatable bonds is 4. The van der Waals surface area contributed by atoms with Crippen LogP contribution in [-0.4, -0.2) is 53.3 Å². The Labute approximate surface area is 114 Å². The van der Waals surface area contributed by atoms with E-state index in [1.54, 1.807) is 12.3 Å². The molecule has 1 aromatic heterocycles. The van der Waals surface area contributed by atoms with Gasteiger partial charge in [-0.15, -0.1) is 0 Å². The van der Waals surface area contributed by atoms with E-state index in [9.17, 15) is 4.79 Å². The van der Waals surface area contributed by atoms with E-state index in [4.69, 9.17) is 9.84 Å². The summed E-state index contributed by atoms with van der Waals surface area (Å²) in [7, 11) is 0. The second kappa shape index (κ2) is 6.36. The Kier molecular flexibility index (Phi) is 4.79. The molecular formula is C12H17BrN2O3. The van der Waals surface area contributed by atoms with Crippen molar-refractivity contribution in [1.29, 1.82) is 0 Å². The Hall–Kier alpha value is -0.850. The van der Waals surface area contributed by atoms with Gasteiger partial charge in [-0.1, -0.05) is 0 Å². The van der Waals surface area contributed by atoms with Gasteiger partial charge in [0, 0.05) is 23.8 Å². The monoisotopic (exact) mass is 316 g/mol. The standard InChI is InChI=1S/C12H17BrN2O3/c13-9-7-11(14-8-9)12(17)15-3-1-10(2-4-15)18-6-5-16/h7-8,10,14,16H,1-6H2. The van der Waals surface area contributed by atoms with Crippen molar-refractivity contribution in [2.24, 2.45) is 0 Å². The molecule has 1 aliphatic rings. The van der Waals surface area contributed by atoms with Gasteiger partial charge in [-0.3, -0.25) is 4.79 Å². The first-order valence-corrected chi connectivity index (χ1v) is 6.85. The molecule has 6 heteroatoms. The van der Waals surface area contributed by atoms with Crippen LogP contribution >= 0.6 is 15.9 Å². The Balaban J connectivity index is 1.84. The van der Waals surface area contributed by atoms with Gasteiger partial charge in [0.25, 0.3) is 5.91 Å². The Bertz CT molecular complexity index is 400. The van der Waals surface area contributed by atoms with Crippen LogP contribution < -0.4 is 0 Å². The second-order valence-corrected chi connectivity index (χ2v) is 5.23. The van der Waals surface area contributed by atoms with E-state index in [0.29, 0.717) is 25.4 Å². The van der Waals surface area contributed by atoms with Gasteiger partial charge < -0.3 is 19.7 Å². The van der Waals surface area contributed by atoms with E-state index in [1.165, 1.54) is 0 Å². The molecule has 1 fully saturated rings. The van der Waals surface area contributed by atoms with Crippen LogP contribution in [0.2, 0.25) is 0 Å². The SMILES string of the molecule is O=C(c1cc(Br)c[nH]1)N1CCC(OCCO)CC1. The number of nitrogens with zero attached hydrogens (tertiary/aromatic N) is 1. The van der Waals surface area contributed by atoms with Crippen LogP contribution in [0.1, 0.15) is 23.3 Å². The minimum Gasteiger partial charge on any atom is -0.394 e. The fraction of sp³-hybridized carbons (Fsp3) is 0.583. The summed E-state index contributed by atoms with van der Waals surface area (Å²) in [6.45, 7) is 1.83. The van der Waals surface area contributed by atoms with Crippen LogP contribution in [-0.2, 0) is 4.74 Å². The summed E-state index contributed by atoms with van der Waals surface area (Å²) in [5, 5.41) is 8.69. The summed E-state index contributed by atoms with van der Waals surface area (Å²) in [5.41, 5.74) is 0.608. The summed E-state index contributed by atoms with van der Waals surface area (Å²) >= 11 is 3.32. The number of aliphatic hydroxyl groups is 1. The highest BCUT2D eigenvalue weighted by Crippen LogP contribution is 2.17. The molecule has 1 saturated heterocycles. The highest BCUT2D eigenvalue weighted by molar-refractivity contribution is 9.10. The maximum absolute atomic E-state index is 12.1. The third-order valence-corrected chi connectivity index (χ3v) is 3.51. The van der Waals surface area contributed by atoms with Crippen molar-refractivity contribution in [3.63, 3.8) is 0 Å². The van der Waals surface area contributed by atoms with E-state index in [-0.39, 0.29) is 18.6 Å². The quantitative estimate of drug-likeness (QED) is 0.882. The molecule has 0 aromatic carbocycles. The number of H-pyrrole nitrogens is 1. The van der Waals surface area contributed by atoms with E-state index in [0.717, 1.165) is 17.3 Å². The fourth-order valence-electron chi connectivity index (χ4n) is 2.11. The van der Waals surface area contributed by atoms with E-state index in [2.05, 4.69) is 20.9 Å². The Morgan fingerprint density at radius 3 is 2.83 bits per heavy atom. The first kappa shape index (κ1) is 13.6. The Morgan fingerprint density at radius 2 is 2.28 bits per heavy atom. The number of hydrogen-bond donors (Lipinski definition) is 2. The largest absolute Gasteiger partial charge is 0.394 e. The molecule has 0 atom stereocenters. The van der Waals surface area contributed by atoms with Crippen LogP contribution in [0.3, 0.4) is 0 Å². The average Bonchev–Trinajstić information content (AvgIpc) is 2.83. The van der Waals surface area contributed by atoms with Gasteiger partial charge in [-0.05, 0) is 34.8 Å². The number of aromatic amines is 1. The number of halogens is 1. The van der Waals surface area contributed by atoms with E-state index >= 15 is 0 Å². The Morgan fingerprint density at radius 1 is 1.56 bits per heavy atom. The first-order valence-electron chi connectivity index (χ1n) is 6.06. The molecule has 2 rings (SSSR count). The second-order valence-electron chi connectivity index (χ2n) is 4.32. The lowest BCUT2D eigenvalue weighted by molar-refractivity contribution is -0.00563. The topological polar surface area (TPSA) is 65.6 Å². The number of nitrogens with one attached hydrogen (secondary N) is 1. The zero-order valence-corrected chi connectivity index (χ0v) is 11.6. The van der Waals surface area contributed by atoms with Gasteiger partial charge in [-0.2, -0.15) is 0 Å². The maximum atomic E-state index is 12.1. The summed E-state index contributed by atoms with van der Waals surface area (Å²) in [6.07, 6.45) is 3.57. The van der Waals surface area contributed by atoms with Crippen LogP contribution in [0.5, 0.6) is 0 Å². The van der Waals surface area contributed by atoms with Crippen LogP contribution in [0.4, 0.5) is 0 Å². The zero-order chi connectivity index (χ0) is 13.0. The maximum Gasteiger partial charge on any atom is 0.270 e. The van der Waals surface area contributed by atoms with Gasteiger partial charge in [-0.25, -0.2) is 0 Å². The molecule has 0 radical (unpaired) electrons. The van der Waals surface area contributed by atoms with Gasteiger partial charge in [0.2, 0.25) is 0 Å². The number of aromatic nitrogens is 1. The molecule has 0 unspecified atom stereocenters. The van der Waals surface area contributed by atoms with Crippen LogP contribution in [0.15, 0.2) is 16.7 Å². The first-order chi connectivity index (χ1) is 8.70. The number of hydrogen-bond acceptors (Lipinski definition) is 3. The summed E-state index contributed by atoms with van der Waals surface area (Å²) in [4.78, 5) is 16.9. The number of carbonyl (C=O) groups excluding carboxylic acids is 1. The fourth-order valence-corrected chi connectivity index (χ4v) is 2.45. The molecule has 18 heavy (non-hydrogen) atoms. The number of likely N-dealkylation sites (tertiary alicyclic amines) is 1. The van der Waals surface area contributed by atoms with Crippen molar-refractivity contribution in [2.45, 2.75) is 18.9 Å². The van der Waals surface area contributed by atoms with E-state index in [1.807, 2.05) is 4.90 Å². The van der Waals surface area contributed by atoms with Crippen molar-refractivity contribution in [3.8, 4) is 0 Å². The molecular weight excluding hydrogens is 300 g/mol. The molecule has 1 amide bonds. The predicted octanol–water partition coefficient (Wildman–Crippen LogP) is 1.39. The lowest BCUT2D eigenvalue weighted by atomic mass is 10.1. The highest BCUT2D eigenvalue weighted by Gasteiger charge is 2.24. The van der Waals surface area contributed by atoms with Gasteiger partial charge in [0.05, 0.1) is 19.3 Å².